The predicted molar refractivity (Wildman–Crippen MR) is 71.5 cm³/mol. The summed E-state index contributed by atoms with van der Waals surface area (Å²) in [4.78, 5) is 18.6. The summed E-state index contributed by atoms with van der Waals surface area (Å²) in [5.74, 6) is 0.122. The Morgan fingerprint density at radius 1 is 1.50 bits per heavy atom. The molecule has 0 saturated carbocycles. The van der Waals surface area contributed by atoms with Crippen molar-refractivity contribution in [3.63, 3.8) is 0 Å². The van der Waals surface area contributed by atoms with E-state index in [9.17, 15) is 4.79 Å². The highest BCUT2D eigenvalue weighted by Gasteiger charge is 2.25. The molecule has 4 nitrogen and oxygen atoms in total. The van der Waals surface area contributed by atoms with Crippen LogP contribution in [0.3, 0.4) is 0 Å². The van der Waals surface area contributed by atoms with Crippen molar-refractivity contribution in [3.05, 3.63) is 30.1 Å². The van der Waals surface area contributed by atoms with E-state index >= 15 is 0 Å². The first-order valence-electron chi connectivity index (χ1n) is 6.74. The quantitative estimate of drug-likeness (QED) is 0.880. The molecule has 1 N–H and O–H groups in total. The SMILES string of the molecule is CCCN(C(=O)c1cccnc1)C1CCNCC1. The molecule has 1 aromatic rings. The molecule has 1 fully saturated rings. The van der Waals surface area contributed by atoms with Gasteiger partial charge < -0.3 is 10.2 Å². The first kappa shape index (κ1) is 13.0. The monoisotopic (exact) mass is 247 g/mol. The number of pyridine rings is 1. The molecule has 18 heavy (non-hydrogen) atoms. The average Bonchev–Trinajstić information content (AvgIpc) is 2.46. The second kappa shape index (κ2) is 6.50. The maximum atomic E-state index is 12.5. The van der Waals surface area contributed by atoms with Gasteiger partial charge in [0.2, 0.25) is 0 Å². The molecule has 0 spiro atoms. The lowest BCUT2D eigenvalue weighted by Gasteiger charge is -2.34. The predicted octanol–water partition coefficient (Wildman–Crippen LogP) is 1.69. The molecule has 2 heterocycles. The topological polar surface area (TPSA) is 45.2 Å². The van der Waals surface area contributed by atoms with Crippen molar-refractivity contribution in [1.82, 2.24) is 15.2 Å². The number of carbonyl (C=O) groups is 1. The summed E-state index contributed by atoms with van der Waals surface area (Å²) in [6.45, 7) is 4.96. The van der Waals surface area contributed by atoms with Gasteiger partial charge in [-0.2, -0.15) is 0 Å². The second-order valence-corrected chi connectivity index (χ2v) is 4.72. The molecule has 1 aromatic heterocycles. The highest BCUT2D eigenvalue weighted by Crippen LogP contribution is 2.15. The zero-order valence-corrected chi connectivity index (χ0v) is 10.9. The number of hydrogen-bond donors (Lipinski definition) is 1. The zero-order chi connectivity index (χ0) is 12.8. The van der Waals surface area contributed by atoms with Gasteiger partial charge in [0.15, 0.2) is 0 Å². The van der Waals surface area contributed by atoms with Crippen LogP contribution in [-0.2, 0) is 0 Å². The lowest BCUT2D eigenvalue weighted by atomic mass is 10.0. The smallest absolute Gasteiger partial charge is 0.255 e. The van der Waals surface area contributed by atoms with Crippen LogP contribution in [0, 0.1) is 0 Å². The van der Waals surface area contributed by atoms with Crippen LogP contribution in [-0.4, -0.2) is 41.5 Å². The Hall–Kier alpha value is -1.42. The Bertz CT molecular complexity index is 374. The fraction of sp³-hybridized carbons (Fsp3) is 0.571. The van der Waals surface area contributed by atoms with Gasteiger partial charge in [0.05, 0.1) is 5.56 Å². The third-order valence-corrected chi connectivity index (χ3v) is 3.38. The molecule has 0 radical (unpaired) electrons. The Morgan fingerprint density at radius 3 is 2.89 bits per heavy atom. The minimum absolute atomic E-state index is 0.122. The second-order valence-electron chi connectivity index (χ2n) is 4.72. The molecule has 1 aliphatic heterocycles. The lowest BCUT2D eigenvalue weighted by molar-refractivity contribution is 0.0642. The highest BCUT2D eigenvalue weighted by atomic mass is 16.2. The first-order valence-corrected chi connectivity index (χ1v) is 6.74. The van der Waals surface area contributed by atoms with Crippen LogP contribution in [0.4, 0.5) is 0 Å². The van der Waals surface area contributed by atoms with Crippen LogP contribution >= 0.6 is 0 Å². The van der Waals surface area contributed by atoms with Crippen molar-refractivity contribution in [1.29, 1.82) is 0 Å². The Morgan fingerprint density at radius 2 is 2.28 bits per heavy atom. The molecule has 1 saturated heterocycles. The summed E-state index contributed by atoms with van der Waals surface area (Å²) < 4.78 is 0. The number of aromatic nitrogens is 1. The fourth-order valence-corrected chi connectivity index (χ4v) is 2.46. The maximum absolute atomic E-state index is 12.5. The van der Waals surface area contributed by atoms with Crippen molar-refractivity contribution in [2.75, 3.05) is 19.6 Å². The van der Waals surface area contributed by atoms with Crippen LogP contribution < -0.4 is 5.32 Å². The van der Waals surface area contributed by atoms with E-state index in [1.54, 1.807) is 12.4 Å². The van der Waals surface area contributed by atoms with E-state index in [1.165, 1.54) is 0 Å². The van der Waals surface area contributed by atoms with E-state index in [4.69, 9.17) is 0 Å². The minimum atomic E-state index is 0.122. The van der Waals surface area contributed by atoms with Crippen LogP contribution in [0.5, 0.6) is 0 Å². The largest absolute Gasteiger partial charge is 0.336 e. The van der Waals surface area contributed by atoms with Gasteiger partial charge in [0.1, 0.15) is 0 Å². The number of amides is 1. The minimum Gasteiger partial charge on any atom is -0.336 e. The average molecular weight is 247 g/mol. The molecule has 98 valence electrons. The fourth-order valence-electron chi connectivity index (χ4n) is 2.46. The van der Waals surface area contributed by atoms with Gasteiger partial charge in [-0.1, -0.05) is 6.92 Å². The van der Waals surface area contributed by atoms with Gasteiger partial charge >= 0.3 is 0 Å². The molecular formula is C14H21N3O. The van der Waals surface area contributed by atoms with E-state index in [2.05, 4.69) is 17.2 Å². The molecule has 4 heteroatoms. The highest BCUT2D eigenvalue weighted by molar-refractivity contribution is 5.94. The van der Waals surface area contributed by atoms with Gasteiger partial charge in [-0.05, 0) is 44.5 Å². The van der Waals surface area contributed by atoms with E-state index in [0.717, 1.165) is 38.9 Å². The number of piperidine rings is 1. The summed E-state index contributed by atoms with van der Waals surface area (Å²) in [5, 5.41) is 3.34. The summed E-state index contributed by atoms with van der Waals surface area (Å²) in [5.41, 5.74) is 0.699. The zero-order valence-electron chi connectivity index (χ0n) is 10.9. The number of hydrogen-bond acceptors (Lipinski definition) is 3. The van der Waals surface area contributed by atoms with Crippen molar-refractivity contribution in [2.45, 2.75) is 32.2 Å². The third-order valence-electron chi connectivity index (χ3n) is 3.38. The first-order chi connectivity index (χ1) is 8.83. The third kappa shape index (κ3) is 3.07. The van der Waals surface area contributed by atoms with Crippen molar-refractivity contribution < 1.29 is 4.79 Å². The van der Waals surface area contributed by atoms with Gasteiger partial charge in [0.25, 0.3) is 5.91 Å². The number of nitrogens with zero attached hydrogens (tertiary/aromatic N) is 2. The molecule has 2 rings (SSSR count). The molecule has 0 unspecified atom stereocenters. The molecule has 1 aliphatic rings. The molecule has 0 atom stereocenters. The summed E-state index contributed by atoms with van der Waals surface area (Å²) >= 11 is 0. The lowest BCUT2D eigenvalue weighted by Crippen LogP contribution is -2.46. The molecule has 0 aliphatic carbocycles. The van der Waals surface area contributed by atoms with Gasteiger partial charge in [-0.15, -0.1) is 0 Å². The van der Waals surface area contributed by atoms with Crippen molar-refractivity contribution in [2.24, 2.45) is 0 Å². The summed E-state index contributed by atoms with van der Waals surface area (Å²) in [6, 6.07) is 4.04. The standard InChI is InChI=1S/C14H21N3O/c1-2-10-17(13-5-8-15-9-6-13)14(18)12-4-3-7-16-11-12/h3-4,7,11,13,15H,2,5-6,8-10H2,1H3. The number of rotatable bonds is 4. The summed E-state index contributed by atoms with van der Waals surface area (Å²) in [7, 11) is 0. The molecule has 0 bridgehead atoms. The van der Waals surface area contributed by atoms with Crippen molar-refractivity contribution in [3.8, 4) is 0 Å². The molecule has 1 amide bonds. The van der Waals surface area contributed by atoms with Gasteiger partial charge in [-0.25, -0.2) is 0 Å². The van der Waals surface area contributed by atoms with E-state index < -0.39 is 0 Å². The van der Waals surface area contributed by atoms with Crippen LogP contribution in [0.15, 0.2) is 24.5 Å². The van der Waals surface area contributed by atoms with Crippen molar-refractivity contribution >= 4 is 5.91 Å². The van der Waals surface area contributed by atoms with Gasteiger partial charge in [-0.3, -0.25) is 9.78 Å². The van der Waals surface area contributed by atoms with Crippen LogP contribution in [0.2, 0.25) is 0 Å². The Kier molecular flexibility index (Phi) is 4.70. The molecular weight excluding hydrogens is 226 g/mol. The van der Waals surface area contributed by atoms with Crippen LogP contribution in [0.25, 0.3) is 0 Å². The van der Waals surface area contributed by atoms with E-state index in [1.807, 2.05) is 17.0 Å². The van der Waals surface area contributed by atoms with Gasteiger partial charge in [0, 0.05) is 25.0 Å². The van der Waals surface area contributed by atoms with Crippen LogP contribution in [0.1, 0.15) is 36.5 Å². The van der Waals surface area contributed by atoms with E-state index in [-0.39, 0.29) is 5.91 Å². The number of nitrogens with one attached hydrogen (secondary N) is 1. The maximum Gasteiger partial charge on any atom is 0.255 e. The summed E-state index contributed by atoms with van der Waals surface area (Å²) in [6.07, 6.45) is 6.45. The normalized spacial score (nSPS) is 16.5. The van der Waals surface area contributed by atoms with E-state index in [0.29, 0.717) is 11.6 Å². The Balaban J connectivity index is 2.11. The number of carbonyl (C=O) groups excluding carboxylic acids is 1. The molecule has 0 aromatic carbocycles. The Labute approximate surface area is 108 Å².